The summed E-state index contributed by atoms with van der Waals surface area (Å²) in [5, 5.41) is 20.9. The van der Waals surface area contributed by atoms with E-state index in [1.807, 2.05) is 0 Å². The second kappa shape index (κ2) is 15.1. The summed E-state index contributed by atoms with van der Waals surface area (Å²) < 4.78 is 0. The van der Waals surface area contributed by atoms with Crippen LogP contribution in [0, 0.1) is 55.6 Å². The molecule has 0 heteroatoms. The molecule has 0 saturated heterocycles. The van der Waals surface area contributed by atoms with Crippen molar-refractivity contribution in [2.24, 2.45) is 0 Å². The van der Waals surface area contributed by atoms with E-state index in [0.29, 0.717) is 0 Å². The lowest BCUT2D eigenvalue weighted by Crippen LogP contribution is -2.12. The van der Waals surface area contributed by atoms with Crippen molar-refractivity contribution in [3.8, 4) is 55.6 Å². The molecule has 0 spiro atoms. The minimum absolute atomic E-state index is 0.0694. The largest absolute Gasteiger partial charge is 0.0622 e. The molecule has 14 rings (SSSR count). The van der Waals surface area contributed by atoms with Crippen molar-refractivity contribution in [2.75, 3.05) is 0 Å². The summed E-state index contributed by atoms with van der Waals surface area (Å²) in [5.74, 6) is 0. The van der Waals surface area contributed by atoms with Crippen molar-refractivity contribution in [1.29, 1.82) is 0 Å². The van der Waals surface area contributed by atoms with Gasteiger partial charge in [-0.1, -0.05) is 215 Å². The van der Waals surface area contributed by atoms with Crippen LogP contribution in [0.1, 0.15) is 37.5 Å². The van der Waals surface area contributed by atoms with Gasteiger partial charge in [0, 0.05) is 0 Å². The van der Waals surface area contributed by atoms with E-state index >= 15 is 0 Å². The highest BCUT2D eigenvalue weighted by Crippen LogP contribution is 2.47. The maximum Gasteiger partial charge on any atom is -0.000740 e. The lowest BCUT2D eigenvalue weighted by molar-refractivity contribution is 0.589. The molecule has 12 aromatic carbocycles. The fraction of sp³-hybridized carbons (Fsp3) is 0.0857. The van der Waals surface area contributed by atoms with Gasteiger partial charge >= 0.3 is 0 Å². The van der Waals surface area contributed by atoms with Crippen LogP contribution in [0.4, 0.5) is 0 Å². The molecule has 2 aliphatic rings. The van der Waals surface area contributed by atoms with Gasteiger partial charge in [-0.2, -0.15) is 0 Å². The van der Waals surface area contributed by atoms with E-state index in [0.717, 1.165) is 0 Å². The Morgan fingerprint density at radius 2 is 0.614 bits per heavy atom. The minimum atomic E-state index is 0.0694. The zero-order valence-electron chi connectivity index (χ0n) is 40.2. The third-order valence-corrected chi connectivity index (χ3v) is 15.7. The predicted octanol–water partition coefficient (Wildman–Crippen LogP) is 18.3. The first kappa shape index (κ1) is 40.7. The molecule has 330 valence electrons. The van der Waals surface area contributed by atoms with Gasteiger partial charge in [0.05, 0.1) is 0 Å². The summed E-state index contributed by atoms with van der Waals surface area (Å²) >= 11 is 0. The molecule has 0 bridgehead atoms. The van der Waals surface area contributed by atoms with Gasteiger partial charge < -0.3 is 0 Å². The smallest absolute Gasteiger partial charge is 0.000740 e. The molecule has 0 heterocycles. The molecule has 12 aromatic rings. The molecule has 2 aliphatic carbocycles. The van der Waals surface area contributed by atoms with E-state index in [-0.39, 0.29) is 5.41 Å². The maximum atomic E-state index is 2.53. The van der Waals surface area contributed by atoms with Crippen molar-refractivity contribution in [3.63, 3.8) is 0 Å². The minimum Gasteiger partial charge on any atom is -0.0622 e. The zero-order valence-corrected chi connectivity index (χ0v) is 40.2. The van der Waals surface area contributed by atoms with E-state index in [9.17, 15) is 0 Å². The summed E-state index contributed by atoms with van der Waals surface area (Å²) in [6.07, 6.45) is 0. The normalized spacial score (nSPS) is 12.4. The monoisotopic (exact) mass is 890 g/mol. The highest BCUT2D eigenvalue weighted by atomic mass is 14.3. The Morgan fingerprint density at radius 3 is 1.06 bits per heavy atom. The molecule has 0 nitrogen and oxygen atoms in total. The van der Waals surface area contributed by atoms with Crippen molar-refractivity contribution in [3.05, 3.63) is 271 Å². The molecule has 0 aliphatic heterocycles. The van der Waals surface area contributed by atoms with E-state index < -0.39 is 0 Å². The van der Waals surface area contributed by atoms with Crippen LogP contribution < -0.4 is 0 Å². The zero-order chi connectivity index (χ0) is 47.0. The lowest BCUT2D eigenvalue weighted by atomic mass is 9.82. The number of aryl methyl sites for hydroxylation is 2. The molecule has 0 atom stereocenters. The molecular weight excluding hydrogens is 841 g/mol. The summed E-state index contributed by atoms with van der Waals surface area (Å²) in [6.45, 7) is 11.5. The Kier molecular flexibility index (Phi) is 8.78. The van der Waals surface area contributed by atoms with Crippen molar-refractivity contribution < 1.29 is 0 Å². The van der Waals surface area contributed by atoms with Crippen LogP contribution in [0.5, 0.6) is 0 Å². The topological polar surface area (TPSA) is 0 Å². The van der Waals surface area contributed by atoms with Crippen LogP contribution in [0.25, 0.3) is 98.7 Å². The molecule has 0 amide bonds. The lowest BCUT2D eigenvalue weighted by Gasteiger charge is -2.23. The summed E-state index contributed by atoms with van der Waals surface area (Å²) in [7, 11) is 0. The van der Waals surface area contributed by atoms with Crippen LogP contribution in [-0.2, 0) is 5.41 Å². The van der Waals surface area contributed by atoms with Crippen LogP contribution in [0.2, 0.25) is 0 Å². The van der Waals surface area contributed by atoms with Crippen LogP contribution in [0.15, 0.2) is 212 Å². The van der Waals surface area contributed by atoms with Gasteiger partial charge in [-0.25, -0.2) is 0 Å². The summed E-state index contributed by atoms with van der Waals surface area (Å²) in [6, 6.07) is 80.4. The number of benzene rings is 12. The van der Waals surface area contributed by atoms with E-state index in [1.54, 1.807) is 0 Å². The summed E-state index contributed by atoms with van der Waals surface area (Å²) in [4.78, 5) is 0. The van der Waals surface area contributed by atoms with Crippen molar-refractivity contribution >= 4 is 43.1 Å². The number of fused-ring (bicyclic) bond motifs is 5. The Morgan fingerprint density at radius 1 is 0.257 bits per heavy atom. The second-order valence-corrected chi connectivity index (χ2v) is 20.8. The van der Waals surface area contributed by atoms with E-state index in [1.165, 1.54) is 157 Å². The van der Waals surface area contributed by atoms with Crippen LogP contribution >= 0.6 is 0 Å². The quantitative estimate of drug-likeness (QED) is 0.151. The van der Waals surface area contributed by atoms with E-state index in [2.05, 4.69) is 247 Å². The van der Waals surface area contributed by atoms with Gasteiger partial charge in [-0.3, -0.25) is 0 Å². The van der Waals surface area contributed by atoms with Gasteiger partial charge in [0.25, 0.3) is 0 Å². The third-order valence-electron chi connectivity index (χ3n) is 15.7. The molecule has 0 N–H and O–H groups in total. The fourth-order valence-electron chi connectivity index (χ4n) is 12.7. The number of hydrogen-bond acceptors (Lipinski definition) is 0. The number of hydrogen-bond donors (Lipinski definition) is 0. The van der Waals surface area contributed by atoms with E-state index in [4.69, 9.17) is 0 Å². The Balaban J connectivity index is 1.18. The van der Waals surface area contributed by atoms with Crippen molar-refractivity contribution in [2.45, 2.75) is 40.0 Å². The van der Waals surface area contributed by atoms with Crippen LogP contribution in [-0.4, -0.2) is 0 Å². The van der Waals surface area contributed by atoms with Gasteiger partial charge in [-0.05, 0) is 195 Å². The van der Waals surface area contributed by atoms with Gasteiger partial charge in [0.2, 0.25) is 0 Å². The number of rotatable bonds is 5. The molecular formula is C70H50. The molecule has 0 aromatic heterocycles. The first-order chi connectivity index (χ1) is 34.2. The first-order valence-electron chi connectivity index (χ1n) is 24.8. The second-order valence-electron chi connectivity index (χ2n) is 20.8. The Hall–Kier alpha value is -8.32. The van der Waals surface area contributed by atoms with Gasteiger partial charge in [-0.15, -0.1) is 0 Å². The van der Waals surface area contributed by atoms with Crippen LogP contribution in [0.3, 0.4) is 0 Å². The SMILES string of the molecule is Cc1cc(C(C)(C)C)cc(C)c1-c1ccc2c(-c3ccccc3)c3c(c(-c4ccccc4)c2c1)=c1ccc2c4c(ccc=3c14)=c1cc3c(-c4ccccc4)c4ccccc4c(-c4ccccc4)c3cc1=2. The third kappa shape index (κ3) is 5.83. The van der Waals surface area contributed by atoms with Gasteiger partial charge in [0.1, 0.15) is 0 Å². The first-order valence-corrected chi connectivity index (χ1v) is 24.8. The van der Waals surface area contributed by atoms with Gasteiger partial charge in [0.15, 0.2) is 0 Å². The predicted molar refractivity (Wildman–Crippen MR) is 295 cm³/mol. The molecule has 0 unspecified atom stereocenters. The Bertz CT molecular complexity index is 4500. The molecule has 70 heavy (non-hydrogen) atoms. The summed E-state index contributed by atoms with van der Waals surface area (Å²) in [5.41, 5.74) is 16.8. The molecule has 0 radical (unpaired) electrons. The molecule has 0 fully saturated rings. The standard InChI is InChI=1S/C70H50/c1-41-36-48(70(3,4)5)37-42(2)61(41)47-30-31-53-58(38-47)65(46-26-16-9-17-27-46)69-55-35-33-52-57-40-60-59(39-56(57)51-32-34-54(67(55)66(51)52)68(69)64(53)45-24-14-8-15-25-45)62(43-20-10-6-11-21-43)49-28-18-19-29-50(49)63(60)44-22-12-7-13-23-44/h6-40H,1-5H3. The molecule has 0 saturated carbocycles. The maximum absolute atomic E-state index is 2.53. The highest BCUT2D eigenvalue weighted by molar-refractivity contribution is 6.21. The highest BCUT2D eigenvalue weighted by Gasteiger charge is 2.24. The Labute approximate surface area is 407 Å². The van der Waals surface area contributed by atoms with Crippen molar-refractivity contribution in [1.82, 2.24) is 0 Å². The fourth-order valence-corrected chi connectivity index (χ4v) is 12.7. The average Bonchev–Trinajstić information content (AvgIpc) is 3.88. The average molecular weight is 891 g/mol.